The van der Waals surface area contributed by atoms with Crippen molar-refractivity contribution in [2.45, 2.75) is 45.2 Å². The maximum Gasteiger partial charge on any atom is 0.294 e. The van der Waals surface area contributed by atoms with Crippen molar-refractivity contribution in [1.82, 2.24) is 9.55 Å². The summed E-state index contributed by atoms with van der Waals surface area (Å²) in [5.41, 5.74) is 1.94. The minimum absolute atomic E-state index is 0.0729. The summed E-state index contributed by atoms with van der Waals surface area (Å²) in [5, 5.41) is 0. The smallest absolute Gasteiger partial charge is 0.294 e. The lowest BCUT2D eigenvalue weighted by Crippen LogP contribution is -2.36. The van der Waals surface area contributed by atoms with Gasteiger partial charge in [-0.3, -0.25) is 4.79 Å². The molecule has 0 unspecified atom stereocenters. The van der Waals surface area contributed by atoms with Crippen molar-refractivity contribution in [3.8, 4) is 0 Å². The van der Waals surface area contributed by atoms with E-state index in [2.05, 4.69) is 4.90 Å². The quantitative estimate of drug-likeness (QED) is 0.850. The highest BCUT2D eigenvalue weighted by Gasteiger charge is 2.37. The zero-order valence-corrected chi connectivity index (χ0v) is 12.5. The van der Waals surface area contributed by atoms with Crippen molar-refractivity contribution in [2.75, 3.05) is 11.4 Å². The number of anilines is 1. The molecule has 4 nitrogen and oxygen atoms in total. The zero-order valence-electron chi connectivity index (χ0n) is 12.5. The average Bonchev–Trinajstić information content (AvgIpc) is 2.81. The molecule has 2 atom stereocenters. The average molecular weight is 283 g/mol. The summed E-state index contributed by atoms with van der Waals surface area (Å²) in [5.74, 6) is 1.43. The fraction of sp³-hybridized carbons (Fsp3) is 0.529. The molecule has 2 aliphatic rings. The fourth-order valence-corrected chi connectivity index (χ4v) is 4.08. The Labute approximate surface area is 124 Å². The van der Waals surface area contributed by atoms with Gasteiger partial charge in [0.15, 0.2) is 5.82 Å². The van der Waals surface area contributed by atoms with Crippen molar-refractivity contribution >= 4 is 16.9 Å². The Morgan fingerprint density at radius 2 is 2.14 bits per heavy atom. The molecular formula is C17H21N3O. The highest BCUT2D eigenvalue weighted by Crippen LogP contribution is 2.36. The van der Waals surface area contributed by atoms with Crippen LogP contribution in [0.25, 0.3) is 11.0 Å². The van der Waals surface area contributed by atoms with Gasteiger partial charge in [0.2, 0.25) is 0 Å². The first kappa shape index (κ1) is 12.9. The van der Waals surface area contributed by atoms with Gasteiger partial charge in [-0.15, -0.1) is 0 Å². The molecule has 2 aromatic rings. The molecule has 2 bridgehead atoms. The van der Waals surface area contributed by atoms with Crippen LogP contribution in [0, 0.1) is 5.92 Å². The number of benzene rings is 1. The molecule has 0 spiro atoms. The first-order valence-corrected chi connectivity index (χ1v) is 8.04. The van der Waals surface area contributed by atoms with Gasteiger partial charge >= 0.3 is 0 Å². The molecule has 110 valence electrons. The molecular weight excluding hydrogens is 262 g/mol. The van der Waals surface area contributed by atoms with E-state index >= 15 is 0 Å². The zero-order chi connectivity index (χ0) is 14.4. The third-order valence-corrected chi connectivity index (χ3v) is 5.07. The Balaban J connectivity index is 1.89. The lowest BCUT2D eigenvalue weighted by Gasteiger charge is -2.25. The number of rotatable bonds is 2. The summed E-state index contributed by atoms with van der Waals surface area (Å²) >= 11 is 0. The molecule has 4 rings (SSSR count). The van der Waals surface area contributed by atoms with Crippen molar-refractivity contribution in [1.29, 1.82) is 0 Å². The minimum Gasteiger partial charge on any atom is -0.349 e. The van der Waals surface area contributed by atoms with Gasteiger partial charge in [-0.25, -0.2) is 4.98 Å². The number of hydrogen-bond donors (Lipinski definition) is 0. The fourth-order valence-electron chi connectivity index (χ4n) is 4.08. The van der Waals surface area contributed by atoms with Gasteiger partial charge in [-0.1, -0.05) is 18.6 Å². The lowest BCUT2D eigenvalue weighted by atomic mass is 9.90. The molecule has 0 N–H and O–H groups in total. The van der Waals surface area contributed by atoms with Gasteiger partial charge in [0, 0.05) is 19.1 Å². The highest BCUT2D eigenvalue weighted by atomic mass is 16.1. The molecule has 1 aromatic heterocycles. The Kier molecular flexibility index (Phi) is 2.98. The largest absolute Gasteiger partial charge is 0.349 e. The van der Waals surface area contributed by atoms with Crippen molar-refractivity contribution in [3.63, 3.8) is 0 Å². The SMILES string of the molecule is CCn1c(=O)c(N2C[C@H]3CCC[C@H]2C3)nc2ccccc21. The highest BCUT2D eigenvalue weighted by molar-refractivity contribution is 5.76. The molecule has 1 saturated carbocycles. The number of aromatic nitrogens is 2. The van der Waals surface area contributed by atoms with Gasteiger partial charge in [-0.2, -0.15) is 0 Å². The van der Waals surface area contributed by atoms with E-state index in [1.165, 1.54) is 25.7 Å². The topological polar surface area (TPSA) is 38.1 Å². The van der Waals surface area contributed by atoms with Crippen LogP contribution in [0.5, 0.6) is 0 Å². The lowest BCUT2D eigenvalue weighted by molar-refractivity contribution is 0.414. The monoisotopic (exact) mass is 283 g/mol. The molecule has 2 heterocycles. The summed E-state index contributed by atoms with van der Waals surface area (Å²) in [4.78, 5) is 19.9. The molecule has 2 fully saturated rings. The van der Waals surface area contributed by atoms with Crippen LogP contribution in [0.3, 0.4) is 0 Å². The molecule has 21 heavy (non-hydrogen) atoms. The first-order valence-electron chi connectivity index (χ1n) is 8.04. The van der Waals surface area contributed by atoms with Crippen LogP contribution in [0.1, 0.15) is 32.6 Å². The van der Waals surface area contributed by atoms with Gasteiger partial charge in [0.05, 0.1) is 11.0 Å². The summed E-state index contributed by atoms with van der Waals surface area (Å²) in [7, 11) is 0. The normalized spacial score (nSPS) is 24.7. The standard InChI is InChI=1S/C17H21N3O/c1-2-19-15-9-4-3-8-14(15)18-16(17(19)21)20-11-12-6-5-7-13(20)10-12/h3-4,8-9,12-13H,2,5-7,10-11H2,1H3/t12-,13-/m0/s1. The van der Waals surface area contributed by atoms with Gasteiger partial charge in [0.1, 0.15) is 0 Å². The summed E-state index contributed by atoms with van der Waals surface area (Å²) in [6.45, 7) is 3.73. The second-order valence-corrected chi connectivity index (χ2v) is 6.31. The second kappa shape index (κ2) is 4.86. The van der Waals surface area contributed by atoms with Crippen LogP contribution >= 0.6 is 0 Å². The molecule has 1 aliphatic carbocycles. The van der Waals surface area contributed by atoms with E-state index < -0.39 is 0 Å². The predicted molar refractivity (Wildman–Crippen MR) is 84.8 cm³/mol. The molecule has 4 heteroatoms. The van der Waals surface area contributed by atoms with Crippen molar-refractivity contribution < 1.29 is 0 Å². The second-order valence-electron chi connectivity index (χ2n) is 6.31. The minimum atomic E-state index is 0.0729. The van der Waals surface area contributed by atoms with Crippen LogP contribution in [-0.2, 0) is 6.54 Å². The van der Waals surface area contributed by atoms with Crippen LogP contribution < -0.4 is 10.5 Å². The third-order valence-electron chi connectivity index (χ3n) is 5.07. The summed E-state index contributed by atoms with van der Waals surface area (Å²) in [6, 6.07) is 8.48. The maximum atomic E-state index is 12.8. The van der Waals surface area contributed by atoms with E-state index in [0.29, 0.717) is 18.4 Å². The summed E-state index contributed by atoms with van der Waals surface area (Å²) in [6.07, 6.45) is 5.04. The predicted octanol–water partition coefficient (Wildman–Crippen LogP) is 2.80. The van der Waals surface area contributed by atoms with E-state index in [-0.39, 0.29) is 5.56 Å². The Morgan fingerprint density at radius 1 is 1.29 bits per heavy atom. The summed E-state index contributed by atoms with van der Waals surface area (Å²) < 4.78 is 1.86. The van der Waals surface area contributed by atoms with Crippen LogP contribution in [0.2, 0.25) is 0 Å². The number of para-hydroxylation sites is 2. The van der Waals surface area contributed by atoms with Gasteiger partial charge in [-0.05, 0) is 44.2 Å². The number of hydrogen-bond acceptors (Lipinski definition) is 3. The first-order chi connectivity index (χ1) is 10.3. The van der Waals surface area contributed by atoms with E-state index in [4.69, 9.17) is 4.98 Å². The van der Waals surface area contributed by atoms with Crippen LogP contribution in [0.15, 0.2) is 29.1 Å². The van der Waals surface area contributed by atoms with Crippen LogP contribution in [0.4, 0.5) is 5.82 Å². The third kappa shape index (κ3) is 1.96. The van der Waals surface area contributed by atoms with Crippen molar-refractivity contribution in [3.05, 3.63) is 34.6 Å². The van der Waals surface area contributed by atoms with Crippen molar-refractivity contribution in [2.24, 2.45) is 5.92 Å². The molecule has 0 amide bonds. The number of fused-ring (bicyclic) bond motifs is 3. The Morgan fingerprint density at radius 3 is 2.95 bits per heavy atom. The Hall–Kier alpha value is -1.84. The van der Waals surface area contributed by atoms with Crippen LogP contribution in [-0.4, -0.2) is 22.1 Å². The Bertz CT molecular complexity index is 736. The molecule has 1 aromatic carbocycles. The van der Waals surface area contributed by atoms with E-state index in [1.807, 2.05) is 35.8 Å². The molecule has 0 radical (unpaired) electrons. The number of nitrogens with zero attached hydrogens (tertiary/aromatic N) is 3. The molecule has 1 saturated heterocycles. The van der Waals surface area contributed by atoms with Gasteiger partial charge < -0.3 is 9.47 Å². The van der Waals surface area contributed by atoms with Gasteiger partial charge in [0.25, 0.3) is 5.56 Å². The molecule has 1 aliphatic heterocycles. The maximum absolute atomic E-state index is 12.8. The van der Waals surface area contributed by atoms with E-state index in [1.54, 1.807) is 0 Å². The van der Waals surface area contributed by atoms with E-state index in [9.17, 15) is 4.79 Å². The number of aryl methyl sites for hydroxylation is 1. The van der Waals surface area contributed by atoms with E-state index in [0.717, 1.165) is 23.5 Å².